The minimum Gasteiger partial charge on any atom is -0.383 e. The van der Waals surface area contributed by atoms with Gasteiger partial charge in [0, 0.05) is 31.1 Å². The van der Waals surface area contributed by atoms with Crippen LogP contribution in [0.2, 0.25) is 0 Å². The van der Waals surface area contributed by atoms with E-state index in [0.717, 1.165) is 5.56 Å². The quantitative estimate of drug-likeness (QED) is 0.572. The average molecular weight is 327 g/mol. The van der Waals surface area contributed by atoms with Crippen LogP contribution >= 0.6 is 0 Å². The zero-order chi connectivity index (χ0) is 17.7. The molecule has 0 amide bonds. The van der Waals surface area contributed by atoms with Crippen LogP contribution in [0.3, 0.4) is 0 Å². The van der Waals surface area contributed by atoms with Gasteiger partial charge < -0.3 is 16.4 Å². The highest BCUT2D eigenvalue weighted by atomic mass is 16.6. The molecule has 0 radical (unpaired) electrons. The second-order valence-electron chi connectivity index (χ2n) is 4.78. The lowest BCUT2D eigenvalue weighted by molar-refractivity contribution is -0.384. The summed E-state index contributed by atoms with van der Waals surface area (Å²) in [5.74, 6) is 0.679. The molecule has 0 aliphatic carbocycles. The van der Waals surface area contributed by atoms with Crippen molar-refractivity contribution in [3.8, 4) is 0 Å². The van der Waals surface area contributed by atoms with Crippen molar-refractivity contribution in [2.45, 2.75) is 6.92 Å². The third-order valence-corrected chi connectivity index (χ3v) is 3.24. The van der Waals surface area contributed by atoms with E-state index in [1.807, 2.05) is 6.92 Å². The number of amidine groups is 1. The van der Waals surface area contributed by atoms with E-state index in [9.17, 15) is 10.1 Å². The number of hydrogen-bond acceptors (Lipinski definition) is 8. The number of nitro benzene ring substituents is 1. The van der Waals surface area contributed by atoms with Crippen molar-refractivity contribution in [2.24, 2.45) is 20.7 Å². The topological polar surface area (TPSA) is 130 Å². The molecule has 1 aromatic rings. The molecule has 0 spiro atoms. The molecular weight excluding hydrogens is 310 g/mol. The summed E-state index contributed by atoms with van der Waals surface area (Å²) in [6.45, 7) is 5.38. The highest BCUT2D eigenvalue weighted by Gasteiger charge is 2.19. The highest BCUT2D eigenvalue weighted by molar-refractivity contribution is 6.49. The number of rotatable bonds is 4. The largest absolute Gasteiger partial charge is 0.383 e. The van der Waals surface area contributed by atoms with E-state index < -0.39 is 4.92 Å². The summed E-state index contributed by atoms with van der Waals surface area (Å²) in [6, 6.07) is 4.48. The van der Waals surface area contributed by atoms with E-state index >= 15 is 0 Å². The summed E-state index contributed by atoms with van der Waals surface area (Å²) in [5.41, 5.74) is 8.15. The van der Waals surface area contributed by atoms with Gasteiger partial charge in [-0.2, -0.15) is 0 Å². The average Bonchev–Trinajstić information content (AvgIpc) is 2.57. The molecule has 0 aromatic heterocycles. The molecule has 0 fully saturated rings. The molecule has 2 rings (SSSR count). The van der Waals surface area contributed by atoms with Gasteiger partial charge in [0.25, 0.3) is 5.69 Å². The molecule has 124 valence electrons. The number of benzene rings is 1. The van der Waals surface area contributed by atoms with E-state index in [2.05, 4.69) is 32.2 Å². The van der Waals surface area contributed by atoms with Gasteiger partial charge in [0.2, 0.25) is 0 Å². The molecule has 9 heteroatoms. The number of aliphatic imine (C=N–C) groups is 3. The monoisotopic (exact) mass is 327 g/mol. The Morgan fingerprint density at radius 2 is 2.25 bits per heavy atom. The highest BCUT2D eigenvalue weighted by Crippen LogP contribution is 2.23. The fourth-order valence-electron chi connectivity index (χ4n) is 2.03. The predicted molar refractivity (Wildman–Crippen MR) is 95.3 cm³/mol. The SMILES string of the molecule is C=C/N=C1/C(NC)=NC=N/C1=C(/N)Nc1cc([N+](=O)[O-])ccc1C. The van der Waals surface area contributed by atoms with Crippen LogP contribution in [0.1, 0.15) is 5.56 Å². The Bertz CT molecular complexity index is 806. The Balaban J connectivity index is 2.44. The van der Waals surface area contributed by atoms with Crippen molar-refractivity contribution in [3.63, 3.8) is 0 Å². The Hall–Kier alpha value is -3.49. The maximum absolute atomic E-state index is 10.9. The van der Waals surface area contributed by atoms with Crippen molar-refractivity contribution in [1.82, 2.24) is 5.32 Å². The van der Waals surface area contributed by atoms with E-state index in [-0.39, 0.29) is 11.5 Å². The van der Waals surface area contributed by atoms with E-state index in [4.69, 9.17) is 5.73 Å². The van der Waals surface area contributed by atoms with Crippen LogP contribution < -0.4 is 16.4 Å². The lowest BCUT2D eigenvalue weighted by atomic mass is 10.1. The van der Waals surface area contributed by atoms with Gasteiger partial charge in [-0.15, -0.1) is 0 Å². The summed E-state index contributed by atoms with van der Waals surface area (Å²) in [4.78, 5) is 22.8. The Morgan fingerprint density at radius 3 is 2.88 bits per heavy atom. The Morgan fingerprint density at radius 1 is 1.50 bits per heavy atom. The molecule has 0 saturated carbocycles. The second kappa shape index (κ2) is 7.18. The first-order valence-electron chi connectivity index (χ1n) is 6.97. The minimum absolute atomic E-state index is 0.0366. The number of hydrogen-bond donors (Lipinski definition) is 3. The summed E-state index contributed by atoms with van der Waals surface area (Å²) < 4.78 is 0. The van der Waals surface area contributed by atoms with Gasteiger partial charge in [-0.3, -0.25) is 15.1 Å². The third kappa shape index (κ3) is 3.46. The van der Waals surface area contributed by atoms with Gasteiger partial charge in [-0.1, -0.05) is 12.6 Å². The van der Waals surface area contributed by atoms with Crippen molar-refractivity contribution in [1.29, 1.82) is 0 Å². The van der Waals surface area contributed by atoms with E-state index in [0.29, 0.717) is 22.9 Å². The molecular formula is C15H17N7O2. The molecule has 4 N–H and O–H groups in total. The van der Waals surface area contributed by atoms with Crippen LogP contribution in [-0.4, -0.2) is 29.9 Å². The first-order valence-corrected chi connectivity index (χ1v) is 6.97. The third-order valence-electron chi connectivity index (χ3n) is 3.24. The molecule has 1 heterocycles. The first-order chi connectivity index (χ1) is 11.5. The summed E-state index contributed by atoms with van der Waals surface area (Å²) in [7, 11) is 1.70. The van der Waals surface area contributed by atoms with Crippen molar-refractivity contribution < 1.29 is 4.92 Å². The molecule has 0 atom stereocenters. The van der Waals surface area contributed by atoms with Crippen LogP contribution in [0.15, 0.2) is 57.5 Å². The molecule has 0 bridgehead atoms. The maximum Gasteiger partial charge on any atom is 0.271 e. The minimum atomic E-state index is -0.469. The standard InChI is InChI=1S/C15H17N7O2/c1-4-18-13-12(19-8-20-15(13)17-3)14(16)21-11-7-10(22(23)24)6-5-9(11)2/h4-8,21H,1,16H2,2-3H3,(H,17,19,20)/b14-12-,18-13+. The first kappa shape index (κ1) is 16.9. The van der Waals surface area contributed by atoms with Gasteiger partial charge in [-0.25, -0.2) is 9.98 Å². The maximum atomic E-state index is 10.9. The number of nitrogens with zero attached hydrogens (tertiary/aromatic N) is 4. The second-order valence-corrected chi connectivity index (χ2v) is 4.78. The van der Waals surface area contributed by atoms with E-state index in [1.54, 1.807) is 13.1 Å². The fraction of sp³-hybridized carbons (Fsp3) is 0.133. The molecule has 1 aliphatic rings. The summed E-state index contributed by atoms with van der Waals surface area (Å²) >= 11 is 0. The number of nitro groups is 1. The lowest BCUT2D eigenvalue weighted by Gasteiger charge is -2.16. The van der Waals surface area contributed by atoms with Gasteiger partial charge in [0.15, 0.2) is 5.84 Å². The van der Waals surface area contributed by atoms with Gasteiger partial charge in [0.05, 0.1) is 4.92 Å². The van der Waals surface area contributed by atoms with E-state index in [1.165, 1.54) is 24.7 Å². The van der Waals surface area contributed by atoms with Gasteiger partial charge >= 0.3 is 0 Å². The smallest absolute Gasteiger partial charge is 0.271 e. The van der Waals surface area contributed by atoms with Crippen molar-refractivity contribution >= 4 is 29.3 Å². The van der Waals surface area contributed by atoms with Crippen molar-refractivity contribution in [2.75, 3.05) is 12.4 Å². The zero-order valence-corrected chi connectivity index (χ0v) is 13.3. The predicted octanol–water partition coefficient (Wildman–Crippen LogP) is 1.69. The summed E-state index contributed by atoms with van der Waals surface area (Å²) in [6.07, 6.45) is 2.70. The van der Waals surface area contributed by atoms with Crippen LogP contribution in [0.25, 0.3) is 0 Å². The number of anilines is 1. The molecule has 0 unspecified atom stereocenters. The Labute approximate surface area is 138 Å². The fourth-order valence-corrected chi connectivity index (χ4v) is 2.03. The molecule has 0 saturated heterocycles. The van der Waals surface area contributed by atoms with Crippen LogP contribution in [0.5, 0.6) is 0 Å². The summed E-state index contributed by atoms with van der Waals surface area (Å²) in [5, 5.41) is 16.8. The van der Waals surface area contributed by atoms with Crippen LogP contribution in [-0.2, 0) is 0 Å². The van der Waals surface area contributed by atoms with Crippen LogP contribution in [0.4, 0.5) is 11.4 Å². The Kier molecular flexibility index (Phi) is 5.05. The molecule has 1 aromatic carbocycles. The molecule has 1 aliphatic heterocycles. The number of nitrogens with one attached hydrogen (secondary N) is 2. The van der Waals surface area contributed by atoms with Gasteiger partial charge in [0.1, 0.15) is 23.6 Å². The lowest BCUT2D eigenvalue weighted by Crippen LogP contribution is -2.33. The van der Waals surface area contributed by atoms with Gasteiger partial charge in [-0.05, 0) is 12.5 Å². The number of non-ortho nitro benzene ring substituents is 1. The molecule has 9 nitrogen and oxygen atoms in total. The number of nitrogens with two attached hydrogens (primary N) is 1. The molecule has 24 heavy (non-hydrogen) atoms. The zero-order valence-electron chi connectivity index (χ0n) is 13.3. The van der Waals surface area contributed by atoms with Crippen molar-refractivity contribution in [3.05, 3.63) is 58.2 Å². The normalized spacial score (nSPS) is 17.2. The number of aryl methyl sites for hydroxylation is 1. The van der Waals surface area contributed by atoms with Crippen LogP contribution in [0, 0.1) is 17.0 Å².